The first-order valence-corrected chi connectivity index (χ1v) is 6.04. The number of rotatable bonds is 2. The van der Waals surface area contributed by atoms with Gasteiger partial charge in [-0.05, 0) is 33.2 Å². The summed E-state index contributed by atoms with van der Waals surface area (Å²) in [4.78, 5) is 12.2. The second kappa shape index (κ2) is 5.71. The van der Waals surface area contributed by atoms with Crippen LogP contribution in [0.1, 0.15) is 25.5 Å². The Morgan fingerprint density at radius 1 is 1.61 bits per heavy atom. The summed E-state index contributed by atoms with van der Waals surface area (Å²) in [5, 5.41) is 10.4. The third kappa shape index (κ3) is 3.03. The number of anilines is 1. The number of nitrogens with one attached hydrogen (secondary N) is 2. The number of halogens is 1. The molecule has 0 aliphatic carbocycles. The number of nitrogens with zero attached hydrogens (tertiary/aromatic N) is 2. The lowest BCUT2D eigenvalue weighted by molar-refractivity contribution is -0.125. The second-order valence-electron chi connectivity index (χ2n) is 5.09. The zero-order chi connectivity index (χ0) is 12.5. The van der Waals surface area contributed by atoms with E-state index in [-0.39, 0.29) is 23.7 Å². The van der Waals surface area contributed by atoms with Gasteiger partial charge in [0.15, 0.2) is 5.82 Å². The van der Waals surface area contributed by atoms with E-state index in [0.717, 1.165) is 31.6 Å². The van der Waals surface area contributed by atoms with Crippen molar-refractivity contribution in [3.05, 3.63) is 11.8 Å². The highest BCUT2D eigenvalue weighted by Crippen LogP contribution is 2.27. The number of carbonyl (C=O) groups is 1. The number of piperidine rings is 1. The van der Waals surface area contributed by atoms with Crippen LogP contribution in [0.25, 0.3) is 0 Å². The Hall–Kier alpha value is -1.07. The Morgan fingerprint density at radius 2 is 2.33 bits per heavy atom. The maximum Gasteiger partial charge on any atom is 0.232 e. The number of aromatic nitrogens is 2. The SMILES string of the molecule is Cc1cc(NC(=O)C2(C)CCCNC2)nn1C.Cl. The predicted molar refractivity (Wildman–Crippen MR) is 74.0 cm³/mol. The molecule has 0 radical (unpaired) electrons. The highest BCUT2D eigenvalue weighted by molar-refractivity contribution is 5.94. The Labute approximate surface area is 114 Å². The lowest BCUT2D eigenvalue weighted by atomic mass is 9.82. The van der Waals surface area contributed by atoms with Crippen LogP contribution in [0.2, 0.25) is 0 Å². The smallest absolute Gasteiger partial charge is 0.232 e. The maximum absolute atomic E-state index is 12.2. The van der Waals surface area contributed by atoms with Gasteiger partial charge in [0, 0.05) is 25.4 Å². The molecule has 1 atom stereocenters. The zero-order valence-electron chi connectivity index (χ0n) is 11.1. The molecule has 1 aliphatic rings. The normalized spacial score (nSPS) is 23.3. The van der Waals surface area contributed by atoms with Crippen molar-refractivity contribution >= 4 is 24.1 Å². The van der Waals surface area contributed by atoms with E-state index in [0.29, 0.717) is 5.82 Å². The molecular formula is C12H21ClN4O. The largest absolute Gasteiger partial charge is 0.316 e. The molecule has 2 N–H and O–H groups in total. The molecule has 2 rings (SSSR count). The van der Waals surface area contributed by atoms with Crippen molar-refractivity contribution in [2.75, 3.05) is 18.4 Å². The van der Waals surface area contributed by atoms with Crippen LogP contribution in [-0.4, -0.2) is 28.8 Å². The Morgan fingerprint density at radius 3 is 2.83 bits per heavy atom. The number of carbonyl (C=O) groups excluding carboxylic acids is 1. The summed E-state index contributed by atoms with van der Waals surface area (Å²) in [7, 11) is 1.87. The number of hydrogen-bond acceptors (Lipinski definition) is 3. The molecule has 0 bridgehead atoms. The lowest BCUT2D eigenvalue weighted by Crippen LogP contribution is -2.46. The van der Waals surface area contributed by atoms with Gasteiger partial charge < -0.3 is 10.6 Å². The van der Waals surface area contributed by atoms with Gasteiger partial charge in [-0.2, -0.15) is 5.10 Å². The van der Waals surface area contributed by atoms with Gasteiger partial charge in [-0.25, -0.2) is 0 Å². The van der Waals surface area contributed by atoms with Crippen molar-refractivity contribution < 1.29 is 4.79 Å². The molecule has 5 nitrogen and oxygen atoms in total. The molecule has 1 aromatic heterocycles. The van der Waals surface area contributed by atoms with Gasteiger partial charge in [-0.15, -0.1) is 12.4 Å². The van der Waals surface area contributed by atoms with Gasteiger partial charge in [0.25, 0.3) is 0 Å². The average molecular weight is 273 g/mol. The minimum absolute atomic E-state index is 0. The van der Waals surface area contributed by atoms with E-state index < -0.39 is 0 Å². The third-order valence-electron chi connectivity index (χ3n) is 3.50. The molecule has 1 aliphatic heterocycles. The van der Waals surface area contributed by atoms with Crippen LogP contribution in [0, 0.1) is 12.3 Å². The van der Waals surface area contributed by atoms with Crippen molar-refractivity contribution in [2.24, 2.45) is 12.5 Å². The van der Waals surface area contributed by atoms with Crippen LogP contribution >= 0.6 is 12.4 Å². The Balaban J connectivity index is 0.00000162. The van der Waals surface area contributed by atoms with Crippen LogP contribution in [-0.2, 0) is 11.8 Å². The molecule has 1 unspecified atom stereocenters. The van der Waals surface area contributed by atoms with E-state index in [1.165, 1.54) is 0 Å². The highest BCUT2D eigenvalue weighted by Gasteiger charge is 2.34. The van der Waals surface area contributed by atoms with E-state index in [1.54, 1.807) is 4.68 Å². The van der Waals surface area contributed by atoms with Crippen molar-refractivity contribution in [1.82, 2.24) is 15.1 Å². The molecule has 102 valence electrons. The molecule has 0 saturated carbocycles. The molecule has 1 aromatic rings. The summed E-state index contributed by atoms with van der Waals surface area (Å²) in [6, 6.07) is 1.89. The fourth-order valence-corrected chi connectivity index (χ4v) is 2.14. The van der Waals surface area contributed by atoms with Crippen molar-refractivity contribution in [2.45, 2.75) is 26.7 Å². The minimum atomic E-state index is -0.316. The number of hydrogen-bond donors (Lipinski definition) is 2. The third-order valence-corrected chi connectivity index (χ3v) is 3.50. The summed E-state index contributed by atoms with van der Waals surface area (Å²) < 4.78 is 1.76. The van der Waals surface area contributed by atoms with Crippen LogP contribution in [0.15, 0.2) is 6.07 Å². The van der Waals surface area contributed by atoms with E-state index in [1.807, 2.05) is 27.0 Å². The Kier molecular flexibility index (Phi) is 4.76. The summed E-state index contributed by atoms with van der Waals surface area (Å²) in [6.07, 6.45) is 1.98. The summed E-state index contributed by atoms with van der Waals surface area (Å²) in [6.45, 7) is 5.72. The highest BCUT2D eigenvalue weighted by atomic mass is 35.5. The first-order valence-electron chi connectivity index (χ1n) is 6.04. The van der Waals surface area contributed by atoms with Gasteiger partial charge in [-0.1, -0.05) is 0 Å². The van der Waals surface area contributed by atoms with E-state index in [2.05, 4.69) is 15.7 Å². The van der Waals surface area contributed by atoms with E-state index in [4.69, 9.17) is 0 Å². The first kappa shape index (κ1) is 15.0. The summed E-state index contributed by atoms with van der Waals surface area (Å²) in [5.41, 5.74) is 0.719. The fraction of sp³-hybridized carbons (Fsp3) is 0.667. The van der Waals surface area contributed by atoms with Crippen molar-refractivity contribution in [1.29, 1.82) is 0 Å². The molecule has 1 fully saturated rings. The summed E-state index contributed by atoms with van der Waals surface area (Å²) in [5.74, 6) is 0.699. The lowest BCUT2D eigenvalue weighted by Gasteiger charge is -2.32. The first-order chi connectivity index (χ1) is 8.01. The fourth-order valence-electron chi connectivity index (χ4n) is 2.14. The average Bonchev–Trinajstić information content (AvgIpc) is 2.59. The number of amides is 1. The molecule has 18 heavy (non-hydrogen) atoms. The van der Waals surface area contributed by atoms with Crippen LogP contribution in [0.5, 0.6) is 0 Å². The molecule has 6 heteroatoms. The number of aryl methyl sites for hydroxylation is 2. The van der Waals surface area contributed by atoms with Gasteiger partial charge in [0.05, 0.1) is 5.41 Å². The standard InChI is InChI=1S/C12H20N4O.ClH/c1-9-7-10(15-16(9)3)14-11(17)12(2)5-4-6-13-8-12;/h7,13H,4-6,8H2,1-3H3,(H,14,15,17);1H. The topological polar surface area (TPSA) is 59.0 Å². The van der Waals surface area contributed by atoms with Crippen molar-refractivity contribution in [3.63, 3.8) is 0 Å². The van der Waals surface area contributed by atoms with E-state index >= 15 is 0 Å². The molecular weight excluding hydrogens is 252 g/mol. The molecule has 2 heterocycles. The second-order valence-corrected chi connectivity index (χ2v) is 5.09. The van der Waals surface area contributed by atoms with Crippen LogP contribution in [0.3, 0.4) is 0 Å². The van der Waals surface area contributed by atoms with Crippen molar-refractivity contribution in [3.8, 4) is 0 Å². The van der Waals surface area contributed by atoms with Crippen LogP contribution in [0.4, 0.5) is 5.82 Å². The molecule has 0 aromatic carbocycles. The predicted octanol–water partition coefficient (Wildman–Crippen LogP) is 1.48. The summed E-state index contributed by atoms with van der Waals surface area (Å²) >= 11 is 0. The van der Waals surface area contributed by atoms with Gasteiger partial charge in [-0.3, -0.25) is 9.48 Å². The molecule has 1 amide bonds. The van der Waals surface area contributed by atoms with E-state index in [9.17, 15) is 4.79 Å². The monoisotopic (exact) mass is 272 g/mol. The Bertz CT molecular complexity index is 404. The van der Waals surface area contributed by atoms with Gasteiger partial charge >= 0.3 is 0 Å². The maximum atomic E-state index is 12.2. The minimum Gasteiger partial charge on any atom is -0.316 e. The molecule has 1 saturated heterocycles. The van der Waals surface area contributed by atoms with Crippen LogP contribution < -0.4 is 10.6 Å². The molecule has 0 spiro atoms. The van der Waals surface area contributed by atoms with Gasteiger partial charge in [0.2, 0.25) is 5.91 Å². The quantitative estimate of drug-likeness (QED) is 0.857. The van der Waals surface area contributed by atoms with Gasteiger partial charge in [0.1, 0.15) is 0 Å². The zero-order valence-corrected chi connectivity index (χ0v) is 11.9.